The van der Waals surface area contributed by atoms with Gasteiger partial charge in [-0.15, -0.1) is 0 Å². The average molecular weight is 574 g/mol. The largest absolute Gasteiger partial charge is 0.497 e. The summed E-state index contributed by atoms with van der Waals surface area (Å²) >= 11 is 1.03. The van der Waals surface area contributed by atoms with Gasteiger partial charge in [-0.3, -0.25) is 19.0 Å². The SMILES string of the molecule is COc1ccc(-[n+]2[nH]oc(=O)c2C(=O)CSC2=N/C(=C/c3cccc(OC)c3OC)C(=O)N2c2ccccc2)cc1. The number of hydrogen-bond donors (Lipinski definition) is 1. The van der Waals surface area contributed by atoms with Crippen LogP contribution in [-0.4, -0.2) is 49.2 Å². The molecule has 1 aliphatic rings. The average Bonchev–Trinajstić information content (AvgIpc) is 3.55. The Bertz CT molecular complexity index is 1710. The Kier molecular flexibility index (Phi) is 8.01. The van der Waals surface area contributed by atoms with E-state index in [0.717, 1.165) is 11.8 Å². The molecule has 0 fully saturated rings. The smallest absolute Gasteiger partial charge is 0.438 e. The van der Waals surface area contributed by atoms with Crippen LogP contribution in [0.5, 0.6) is 17.2 Å². The number of benzene rings is 3. The van der Waals surface area contributed by atoms with Gasteiger partial charge in [0.2, 0.25) is 11.5 Å². The number of amides is 1. The number of carbonyl (C=O) groups excluding carboxylic acids is 2. The number of hydrogen-bond acceptors (Lipinski definition) is 9. The molecule has 1 aromatic heterocycles. The number of ketones is 1. The zero-order chi connectivity index (χ0) is 28.9. The molecule has 0 saturated heterocycles. The normalized spacial score (nSPS) is 13.8. The number of anilines is 1. The van der Waals surface area contributed by atoms with Crippen LogP contribution in [0.15, 0.2) is 92.8 Å². The highest BCUT2D eigenvalue weighted by atomic mass is 32.2. The molecule has 0 saturated carbocycles. The van der Waals surface area contributed by atoms with Gasteiger partial charge >= 0.3 is 11.3 Å². The summed E-state index contributed by atoms with van der Waals surface area (Å²) in [6.07, 6.45) is 1.60. The number of aromatic nitrogens is 2. The number of aromatic amines is 1. The Morgan fingerprint density at radius 2 is 1.73 bits per heavy atom. The van der Waals surface area contributed by atoms with E-state index >= 15 is 0 Å². The first kappa shape index (κ1) is 27.5. The monoisotopic (exact) mass is 573 g/mol. The van der Waals surface area contributed by atoms with Crippen LogP contribution >= 0.6 is 11.8 Å². The van der Waals surface area contributed by atoms with Crippen LogP contribution in [0.25, 0.3) is 11.8 Å². The fraction of sp³-hybridized carbons (Fsp3) is 0.138. The van der Waals surface area contributed by atoms with Crippen molar-refractivity contribution in [3.8, 4) is 22.9 Å². The zero-order valence-corrected chi connectivity index (χ0v) is 23.1. The van der Waals surface area contributed by atoms with E-state index in [9.17, 15) is 14.4 Å². The van der Waals surface area contributed by atoms with Crippen molar-refractivity contribution in [2.75, 3.05) is 32.0 Å². The predicted molar refractivity (Wildman–Crippen MR) is 153 cm³/mol. The first-order chi connectivity index (χ1) is 19.9. The molecule has 1 amide bonds. The molecule has 5 rings (SSSR count). The van der Waals surface area contributed by atoms with Gasteiger partial charge in [-0.25, -0.2) is 9.79 Å². The predicted octanol–water partition coefficient (Wildman–Crippen LogP) is 3.63. The lowest BCUT2D eigenvalue weighted by Gasteiger charge is -2.17. The highest BCUT2D eigenvalue weighted by molar-refractivity contribution is 8.14. The summed E-state index contributed by atoms with van der Waals surface area (Å²) in [5.41, 5.74) is 0.801. The van der Waals surface area contributed by atoms with Crippen LogP contribution in [-0.2, 0) is 4.79 Å². The van der Waals surface area contributed by atoms with Gasteiger partial charge in [0.1, 0.15) is 11.4 Å². The van der Waals surface area contributed by atoms with Gasteiger partial charge in [0.25, 0.3) is 5.91 Å². The molecule has 1 N–H and O–H groups in total. The number of carbonyl (C=O) groups is 2. The molecule has 11 nitrogen and oxygen atoms in total. The molecule has 0 bridgehead atoms. The van der Waals surface area contributed by atoms with E-state index in [1.807, 2.05) is 6.07 Å². The molecule has 0 radical (unpaired) electrons. The lowest BCUT2D eigenvalue weighted by Crippen LogP contribution is -2.41. The Morgan fingerprint density at radius 3 is 2.41 bits per heavy atom. The quantitative estimate of drug-likeness (QED) is 0.183. The van der Waals surface area contributed by atoms with Gasteiger partial charge in [0, 0.05) is 17.7 Å². The van der Waals surface area contributed by atoms with E-state index in [-0.39, 0.29) is 28.2 Å². The molecule has 4 aromatic rings. The van der Waals surface area contributed by atoms with Crippen LogP contribution in [0.1, 0.15) is 16.1 Å². The van der Waals surface area contributed by atoms with Gasteiger partial charge in [0.05, 0.1) is 32.8 Å². The minimum atomic E-state index is -0.818. The standard InChI is InChI=1S/C29H24N4O7S/c1-37-21-14-12-20(13-15-21)33-25(28(36)40-31-33)23(34)17-41-29-30-22(27(35)32(29)19-9-5-4-6-10-19)16-18-8-7-11-24(38-2)26(18)39-3/h4-16H,17H2,1-3H3/p+1/b22-16+. The Labute approximate surface area is 238 Å². The number of nitrogens with one attached hydrogen (secondary N) is 1. The fourth-order valence-corrected chi connectivity index (χ4v) is 5.07. The van der Waals surface area contributed by atoms with Crippen LogP contribution in [0, 0.1) is 0 Å². The molecular formula is C29H25N4O7S+. The van der Waals surface area contributed by atoms with Crippen molar-refractivity contribution in [3.63, 3.8) is 0 Å². The van der Waals surface area contributed by atoms with Crippen molar-refractivity contribution in [1.82, 2.24) is 5.27 Å². The fourth-order valence-electron chi connectivity index (χ4n) is 4.19. The highest BCUT2D eigenvalue weighted by Gasteiger charge is 2.35. The third-order valence-electron chi connectivity index (χ3n) is 6.14. The van der Waals surface area contributed by atoms with Gasteiger partial charge in [-0.1, -0.05) is 42.1 Å². The molecule has 0 aliphatic carbocycles. The Balaban J connectivity index is 1.46. The van der Waals surface area contributed by atoms with E-state index < -0.39 is 11.4 Å². The summed E-state index contributed by atoms with van der Waals surface area (Å²) in [5.74, 6) is 0.483. The molecule has 2 heterocycles. The number of nitrogens with zero attached hydrogens (tertiary/aromatic N) is 3. The number of para-hydroxylation sites is 2. The van der Waals surface area contributed by atoms with Gasteiger partial charge in [-0.2, -0.15) is 0 Å². The number of methoxy groups -OCH3 is 3. The summed E-state index contributed by atoms with van der Waals surface area (Å²) in [4.78, 5) is 45.4. The molecule has 1 aliphatic heterocycles. The third-order valence-corrected chi connectivity index (χ3v) is 7.08. The van der Waals surface area contributed by atoms with Crippen molar-refractivity contribution in [2.45, 2.75) is 0 Å². The lowest BCUT2D eigenvalue weighted by molar-refractivity contribution is -0.672. The van der Waals surface area contributed by atoms with Crippen LogP contribution in [0.4, 0.5) is 5.69 Å². The van der Waals surface area contributed by atoms with Crippen molar-refractivity contribution >= 4 is 40.4 Å². The summed E-state index contributed by atoms with van der Waals surface area (Å²) in [7, 11) is 4.58. The number of H-pyrrole nitrogens is 1. The number of amidine groups is 1. The Hall–Kier alpha value is -5.10. The van der Waals surface area contributed by atoms with Crippen molar-refractivity contribution in [1.29, 1.82) is 0 Å². The molecule has 0 atom stereocenters. The molecule has 12 heteroatoms. The number of Topliss-reactive ketones (excluding diaryl/α,β-unsaturated/α-hetero) is 1. The van der Waals surface area contributed by atoms with Crippen molar-refractivity contribution in [2.24, 2.45) is 4.99 Å². The van der Waals surface area contributed by atoms with Crippen molar-refractivity contribution < 1.29 is 33.0 Å². The van der Waals surface area contributed by atoms with Gasteiger partial charge in [0.15, 0.2) is 16.7 Å². The number of aliphatic imine (C=N–C) groups is 1. The molecule has 0 spiro atoms. The van der Waals surface area contributed by atoms with Gasteiger partial charge < -0.3 is 14.2 Å². The van der Waals surface area contributed by atoms with Crippen LogP contribution in [0.2, 0.25) is 0 Å². The zero-order valence-electron chi connectivity index (χ0n) is 22.3. The first-order valence-electron chi connectivity index (χ1n) is 12.3. The maximum Gasteiger partial charge on any atom is 0.438 e. The molecular weight excluding hydrogens is 548 g/mol. The number of rotatable bonds is 9. The van der Waals surface area contributed by atoms with E-state index in [1.165, 1.54) is 30.9 Å². The maximum absolute atomic E-state index is 13.6. The van der Waals surface area contributed by atoms with Crippen LogP contribution < -0.4 is 29.4 Å². The summed E-state index contributed by atoms with van der Waals surface area (Å²) < 4.78 is 22.2. The molecule has 41 heavy (non-hydrogen) atoms. The van der Waals surface area contributed by atoms with Crippen LogP contribution in [0.3, 0.4) is 0 Å². The summed E-state index contributed by atoms with van der Waals surface area (Å²) in [5, 5.41) is 2.74. The molecule has 0 unspecified atom stereocenters. The first-order valence-corrected chi connectivity index (χ1v) is 13.3. The maximum atomic E-state index is 13.6. The lowest BCUT2D eigenvalue weighted by atomic mass is 10.1. The second-order valence-electron chi connectivity index (χ2n) is 8.56. The van der Waals surface area contributed by atoms with Crippen molar-refractivity contribution in [3.05, 3.63) is 100 Å². The topological polar surface area (TPSA) is 127 Å². The minimum Gasteiger partial charge on any atom is -0.497 e. The van der Waals surface area contributed by atoms with E-state index in [4.69, 9.17) is 18.7 Å². The van der Waals surface area contributed by atoms with Gasteiger partial charge in [-0.05, 0) is 46.4 Å². The Morgan fingerprint density at radius 1 is 0.976 bits per heavy atom. The highest BCUT2D eigenvalue weighted by Crippen LogP contribution is 2.35. The number of ether oxygens (including phenoxy) is 3. The summed E-state index contributed by atoms with van der Waals surface area (Å²) in [6.45, 7) is 0. The second kappa shape index (κ2) is 12.0. The molecule has 3 aromatic carbocycles. The number of thioether (sulfide) groups is 1. The van der Waals surface area contributed by atoms with E-state index in [0.29, 0.717) is 34.2 Å². The van der Waals surface area contributed by atoms with E-state index in [1.54, 1.807) is 72.8 Å². The second-order valence-corrected chi connectivity index (χ2v) is 9.50. The summed E-state index contributed by atoms with van der Waals surface area (Å²) in [6, 6.07) is 21.0. The third kappa shape index (κ3) is 5.50. The van der Waals surface area contributed by atoms with E-state index in [2.05, 4.69) is 10.3 Å². The minimum absolute atomic E-state index is 0.143. The molecule has 208 valence electrons.